The monoisotopic (exact) mass is 368 g/mol. The molecular formula is C15H17BrN2O4. The quantitative estimate of drug-likeness (QED) is 0.588. The molecule has 0 saturated carbocycles. The molecule has 0 N–H and O–H groups in total. The first-order chi connectivity index (χ1) is 10.5. The Morgan fingerprint density at radius 2 is 2.00 bits per heavy atom. The molecule has 2 heterocycles. The van der Waals surface area contributed by atoms with Gasteiger partial charge in [0.15, 0.2) is 0 Å². The number of fused-ring (bicyclic) bond motifs is 3. The van der Waals surface area contributed by atoms with Gasteiger partial charge in [0.1, 0.15) is 12.2 Å². The number of anilines is 1. The fourth-order valence-electron chi connectivity index (χ4n) is 3.50. The molecule has 0 spiro atoms. The number of hydroxylamine groups is 1. The zero-order valence-corrected chi connectivity index (χ0v) is 14.2. The highest BCUT2D eigenvalue weighted by molar-refractivity contribution is 9.09. The van der Waals surface area contributed by atoms with Crippen molar-refractivity contribution >= 4 is 33.5 Å². The van der Waals surface area contributed by atoms with Gasteiger partial charge in [0.25, 0.3) is 0 Å². The predicted octanol–water partition coefficient (Wildman–Crippen LogP) is 1.78. The molecule has 22 heavy (non-hydrogen) atoms. The highest BCUT2D eigenvalue weighted by Crippen LogP contribution is 2.57. The minimum atomic E-state index is -0.641. The number of methoxy groups -OCH3 is 1. The van der Waals surface area contributed by atoms with Gasteiger partial charge in [-0.1, -0.05) is 34.1 Å². The van der Waals surface area contributed by atoms with Crippen LogP contribution in [0.3, 0.4) is 0 Å². The smallest absolute Gasteiger partial charge is 0.328 e. The minimum absolute atomic E-state index is 0.198. The Bertz CT molecular complexity index is 638. The van der Waals surface area contributed by atoms with Crippen LogP contribution in [0.25, 0.3) is 0 Å². The first kappa shape index (κ1) is 15.3. The van der Waals surface area contributed by atoms with Gasteiger partial charge in [-0.2, -0.15) is 0 Å². The third-order valence-electron chi connectivity index (χ3n) is 4.34. The molecular weight excluding hydrogens is 352 g/mol. The summed E-state index contributed by atoms with van der Waals surface area (Å²) in [5.74, 6) is -0.617. The second-order valence-corrected chi connectivity index (χ2v) is 6.85. The van der Waals surface area contributed by atoms with Crippen LogP contribution in [0.1, 0.15) is 18.9 Å². The topological polar surface area (TPSA) is 59.1 Å². The molecule has 3 atom stereocenters. The lowest BCUT2D eigenvalue weighted by molar-refractivity contribution is -0.152. The summed E-state index contributed by atoms with van der Waals surface area (Å²) in [4.78, 5) is 31.4. The maximum absolute atomic E-state index is 12.2. The van der Waals surface area contributed by atoms with E-state index in [2.05, 4.69) is 15.9 Å². The lowest BCUT2D eigenvalue weighted by Gasteiger charge is -2.34. The molecule has 0 aromatic heterocycles. The summed E-state index contributed by atoms with van der Waals surface area (Å²) in [5.41, 5.74) is 1.89. The molecule has 1 aromatic carbocycles. The van der Waals surface area contributed by atoms with Gasteiger partial charge in [0.2, 0.25) is 5.91 Å². The van der Waals surface area contributed by atoms with Crippen molar-refractivity contribution in [1.29, 1.82) is 0 Å². The SMILES string of the molecule is COC(=O)[C@@H]1C[C@]2(Br)c3ccccc3N(OC)[C@@H]2N1C(C)=O. The number of amides is 1. The van der Waals surface area contributed by atoms with Crippen LogP contribution in [0, 0.1) is 0 Å². The standard InChI is InChI=1S/C15H17BrN2O4/c1-9(19)17-12(13(20)21-2)8-15(16)10-6-4-5-7-11(10)18(22-3)14(15)17/h4-7,12,14H,8H2,1-3H3/t12-,14-,15-/m0/s1. The van der Waals surface area contributed by atoms with Crippen LogP contribution >= 0.6 is 15.9 Å². The van der Waals surface area contributed by atoms with Crippen molar-refractivity contribution in [2.45, 2.75) is 29.9 Å². The molecule has 118 valence electrons. The molecule has 6 nitrogen and oxygen atoms in total. The van der Waals surface area contributed by atoms with E-state index in [4.69, 9.17) is 9.57 Å². The molecule has 0 unspecified atom stereocenters. The molecule has 7 heteroatoms. The van der Waals surface area contributed by atoms with E-state index in [1.807, 2.05) is 24.3 Å². The van der Waals surface area contributed by atoms with Gasteiger partial charge in [-0.25, -0.2) is 9.86 Å². The average molecular weight is 369 g/mol. The fraction of sp³-hybridized carbons (Fsp3) is 0.467. The van der Waals surface area contributed by atoms with Crippen molar-refractivity contribution in [1.82, 2.24) is 4.90 Å². The summed E-state index contributed by atoms with van der Waals surface area (Å²) >= 11 is 3.78. The number of ether oxygens (including phenoxy) is 1. The number of hydrogen-bond donors (Lipinski definition) is 0. The van der Waals surface area contributed by atoms with Gasteiger partial charge < -0.3 is 9.64 Å². The third-order valence-corrected chi connectivity index (χ3v) is 5.50. The molecule has 1 amide bonds. The number of rotatable bonds is 2. The van der Waals surface area contributed by atoms with E-state index in [1.165, 1.54) is 18.9 Å². The van der Waals surface area contributed by atoms with E-state index in [-0.39, 0.29) is 5.91 Å². The van der Waals surface area contributed by atoms with Gasteiger partial charge in [-0.05, 0) is 11.6 Å². The summed E-state index contributed by atoms with van der Waals surface area (Å²) in [6.45, 7) is 1.45. The number of carbonyl (C=O) groups excluding carboxylic acids is 2. The lowest BCUT2D eigenvalue weighted by atomic mass is 9.96. The number of alkyl halides is 1. The van der Waals surface area contributed by atoms with Crippen molar-refractivity contribution in [3.63, 3.8) is 0 Å². The predicted molar refractivity (Wildman–Crippen MR) is 83.3 cm³/mol. The first-order valence-electron chi connectivity index (χ1n) is 6.94. The maximum Gasteiger partial charge on any atom is 0.328 e. The Morgan fingerprint density at radius 3 is 2.59 bits per heavy atom. The van der Waals surface area contributed by atoms with Gasteiger partial charge in [0, 0.05) is 13.3 Å². The van der Waals surface area contributed by atoms with Gasteiger partial charge in [-0.15, -0.1) is 0 Å². The normalized spacial score (nSPS) is 29.3. The number of benzene rings is 1. The van der Waals surface area contributed by atoms with Crippen molar-refractivity contribution in [2.24, 2.45) is 0 Å². The lowest BCUT2D eigenvalue weighted by Crippen LogP contribution is -2.52. The molecule has 3 rings (SSSR count). The van der Waals surface area contributed by atoms with Crippen molar-refractivity contribution in [2.75, 3.05) is 19.3 Å². The number of likely N-dealkylation sites (tertiary alicyclic amines) is 1. The third kappa shape index (κ3) is 1.88. The molecule has 2 aliphatic rings. The molecule has 1 saturated heterocycles. The van der Waals surface area contributed by atoms with E-state index >= 15 is 0 Å². The van der Waals surface area contributed by atoms with E-state index < -0.39 is 22.5 Å². The zero-order chi connectivity index (χ0) is 16.1. The highest BCUT2D eigenvalue weighted by atomic mass is 79.9. The van der Waals surface area contributed by atoms with Crippen LogP contribution in [0.15, 0.2) is 24.3 Å². The summed E-state index contributed by atoms with van der Waals surface area (Å²) in [7, 11) is 2.89. The van der Waals surface area contributed by atoms with E-state index in [0.717, 1.165) is 11.3 Å². The van der Waals surface area contributed by atoms with Crippen LogP contribution in [-0.2, 0) is 23.5 Å². The number of nitrogens with zero attached hydrogens (tertiary/aromatic N) is 2. The molecule has 0 bridgehead atoms. The molecule has 0 radical (unpaired) electrons. The van der Waals surface area contributed by atoms with Crippen LogP contribution in [-0.4, -0.2) is 43.2 Å². The van der Waals surface area contributed by atoms with Crippen LogP contribution in [0.4, 0.5) is 5.69 Å². The van der Waals surface area contributed by atoms with Crippen molar-refractivity contribution < 1.29 is 19.2 Å². The van der Waals surface area contributed by atoms with Gasteiger partial charge in [-0.3, -0.25) is 9.63 Å². The van der Waals surface area contributed by atoms with Gasteiger partial charge in [0.05, 0.1) is 24.2 Å². The minimum Gasteiger partial charge on any atom is -0.467 e. The first-order valence-corrected chi connectivity index (χ1v) is 7.73. The summed E-state index contributed by atoms with van der Waals surface area (Å²) in [6, 6.07) is 7.12. The highest BCUT2D eigenvalue weighted by Gasteiger charge is 2.63. The Hall–Kier alpha value is -1.60. The summed E-state index contributed by atoms with van der Waals surface area (Å²) in [5, 5.41) is 1.68. The number of esters is 1. The largest absolute Gasteiger partial charge is 0.467 e. The van der Waals surface area contributed by atoms with E-state index in [0.29, 0.717) is 6.42 Å². The number of para-hydroxylation sites is 1. The molecule has 1 aromatic rings. The van der Waals surface area contributed by atoms with Crippen molar-refractivity contribution in [3.8, 4) is 0 Å². The zero-order valence-electron chi connectivity index (χ0n) is 12.6. The Morgan fingerprint density at radius 1 is 1.32 bits per heavy atom. The van der Waals surface area contributed by atoms with Crippen LogP contribution < -0.4 is 5.06 Å². The Labute approximate surface area is 137 Å². The second kappa shape index (κ2) is 5.24. The maximum atomic E-state index is 12.2. The molecule has 1 fully saturated rings. The molecule has 0 aliphatic carbocycles. The van der Waals surface area contributed by atoms with E-state index in [9.17, 15) is 9.59 Å². The Balaban J connectivity index is 2.14. The van der Waals surface area contributed by atoms with Crippen LogP contribution in [0.5, 0.6) is 0 Å². The summed E-state index contributed by atoms with van der Waals surface area (Å²) < 4.78 is 4.30. The van der Waals surface area contributed by atoms with Gasteiger partial charge >= 0.3 is 5.97 Å². The van der Waals surface area contributed by atoms with E-state index in [1.54, 1.807) is 12.2 Å². The number of carbonyl (C=O) groups is 2. The number of halogens is 1. The van der Waals surface area contributed by atoms with Crippen molar-refractivity contribution in [3.05, 3.63) is 29.8 Å². The number of hydrogen-bond acceptors (Lipinski definition) is 5. The Kier molecular flexibility index (Phi) is 3.65. The van der Waals surface area contributed by atoms with Crippen LogP contribution in [0.2, 0.25) is 0 Å². The second-order valence-electron chi connectivity index (χ2n) is 5.43. The summed E-state index contributed by atoms with van der Waals surface area (Å²) in [6.07, 6.45) is -0.00245. The fourth-order valence-corrected chi connectivity index (χ4v) is 4.54. The molecule has 2 aliphatic heterocycles. The average Bonchev–Trinajstić information content (AvgIpc) is 2.94.